The van der Waals surface area contributed by atoms with Crippen molar-refractivity contribution in [1.82, 2.24) is 10.6 Å². The first-order chi connectivity index (χ1) is 5.34. The number of hydrogen-bond donors (Lipinski definition) is 2. The zero-order valence-electron chi connectivity index (χ0n) is 7.06. The van der Waals surface area contributed by atoms with Gasteiger partial charge in [0.1, 0.15) is 0 Å². The lowest BCUT2D eigenvalue weighted by molar-refractivity contribution is 0.326. The summed E-state index contributed by atoms with van der Waals surface area (Å²) in [7, 11) is 0. The minimum absolute atomic E-state index is 0.567. The first-order valence-electron chi connectivity index (χ1n) is 4.25. The Morgan fingerprint density at radius 1 is 1.73 bits per heavy atom. The van der Waals surface area contributed by atoms with Crippen LogP contribution in [0.15, 0.2) is 0 Å². The summed E-state index contributed by atoms with van der Waals surface area (Å²) in [5, 5.41) is 6.73. The van der Waals surface area contributed by atoms with Crippen LogP contribution in [0, 0.1) is 12.3 Å². The number of hydrogen-bond acceptors (Lipinski definition) is 2. The summed E-state index contributed by atoms with van der Waals surface area (Å²) >= 11 is 0. The van der Waals surface area contributed by atoms with Gasteiger partial charge in [-0.1, -0.05) is 5.92 Å². The molecule has 0 aliphatic carbocycles. The highest BCUT2D eigenvalue weighted by atomic mass is 15.0. The normalized spacial score (nSPS) is 31.3. The van der Waals surface area contributed by atoms with Gasteiger partial charge in [-0.15, -0.1) is 6.42 Å². The van der Waals surface area contributed by atoms with Gasteiger partial charge in [0.25, 0.3) is 0 Å². The fourth-order valence-corrected chi connectivity index (χ4v) is 1.51. The Balaban J connectivity index is 2.25. The fraction of sp³-hybridized carbons (Fsp3) is 0.778. The summed E-state index contributed by atoms with van der Waals surface area (Å²) in [6, 6.07) is 1.14. The fourth-order valence-electron chi connectivity index (χ4n) is 1.51. The average molecular weight is 152 g/mol. The molecule has 0 aromatic heterocycles. The van der Waals surface area contributed by atoms with Crippen molar-refractivity contribution in [2.24, 2.45) is 0 Å². The summed E-state index contributed by atoms with van der Waals surface area (Å²) in [5.41, 5.74) is 0. The second-order valence-electron chi connectivity index (χ2n) is 3.08. The molecule has 0 radical (unpaired) electrons. The lowest BCUT2D eigenvalue weighted by Gasteiger charge is -2.30. The molecule has 1 heterocycles. The molecule has 2 N–H and O–H groups in total. The Bertz CT molecular complexity index is 148. The van der Waals surface area contributed by atoms with Crippen LogP contribution in [0.4, 0.5) is 0 Å². The van der Waals surface area contributed by atoms with Gasteiger partial charge in [0.2, 0.25) is 0 Å². The van der Waals surface area contributed by atoms with Gasteiger partial charge in [-0.3, -0.25) is 0 Å². The predicted molar refractivity (Wildman–Crippen MR) is 47.3 cm³/mol. The quantitative estimate of drug-likeness (QED) is 0.558. The number of rotatable bonds is 2. The Morgan fingerprint density at radius 2 is 2.55 bits per heavy atom. The second-order valence-corrected chi connectivity index (χ2v) is 3.08. The SMILES string of the molecule is C#CCNC1CCCNC1C. The highest BCUT2D eigenvalue weighted by Crippen LogP contribution is 2.07. The molecule has 0 spiro atoms. The Hall–Kier alpha value is -0.520. The van der Waals surface area contributed by atoms with Crippen LogP contribution in [0.3, 0.4) is 0 Å². The highest BCUT2D eigenvalue weighted by molar-refractivity contribution is 4.91. The van der Waals surface area contributed by atoms with E-state index in [1.807, 2.05) is 0 Å². The van der Waals surface area contributed by atoms with Crippen LogP contribution in [0.2, 0.25) is 0 Å². The van der Waals surface area contributed by atoms with Gasteiger partial charge in [0.05, 0.1) is 6.54 Å². The molecule has 11 heavy (non-hydrogen) atoms. The molecule has 1 saturated heterocycles. The maximum atomic E-state index is 5.16. The third kappa shape index (κ3) is 2.53. The third-order valence-corrected chi connectivity index (χ3v) is 2.23. The summed E-state index contributed by atoms with van der Waals surface area (Å²) in [6.07, 6.45) is 7.66. The van der Waals surface area contributed by atoms with Gasteiger partial charge in [-0.25, -0.2) is 0 Å². The third-order valence-electron chi connectivity index (χ3n) is 2.23. The average Bonchev–Trinajstić information content (AvgIpc) is 2.03. The molecule has 2 atom stereocenters. The Labute approximate surface area is 68.8 Å². The zero-order valence-corrected chi connectivity index (χ0v) is 7.06. The summed E-state index contributed by atoms with van der Waals surface area (Å²) < 4.78 is 0. The van der Waals surface area contributed by atoms with E-state index in [2.05, 4.69) is 23.5 Å². The minimum atomic E-state index is 0.567. The zero-order chi connectivity index (χ0) is 8.10. The summed E-state index contributed by atoms with van der Waals surface area (Å²) in [6.45, 7) is 4.04. The van der Waals surface area contributed by atoms with E-state index in [9.17, 15) is 0 Å². The molecule has 0 bridgehead atoms. The highest BCUT2D eigenvalue weighted by Gasteiger charge is 2.18. The topological polar surface area (TPSA) is 24.1 Å². The van der Waals surface area contributed by atoms with Crippen molar-refractivity contribution in [2.75, 3.05) is 13.1 Å². The molecule has 1 rings (SSSR count). The molecule has 0 aromatic carbocycles. The van der Waals surface area contributed by atoms with Crippen LogP contribution in [0.5, 0.6) is 0 Å². The van der Waals surface area contributed by atoms with Crippen LogP contribution in [-0.4, -0.2) is 25.2 Å². The molecule has 0 saturated carbocycles. The van der Waals surface area contributed by atoms with Crippen molar-refractivity contribution in [2.45, 2.75) is 31.8 Å². The van der Waals surface area contributed by atoms with Crippen molar-refractivity contribution in [3.05, 3.63) is 0 Å². The maximum absolute atomic E-state index is 5.16. The smallest absolute Gasteiger partial charge is 0.0576 e. The summed E-state index contributed by atoms with van der Waals surface area (Å²) in [4.78, 5) is 0. The van der Waals surface area contributed by atoms with Crippen molar-refractivity contribution in [3.63, 3.8) is 0 Å². The molecule has 1 aliphatic rings. The Kier molecular flexibility index (Phi) is 3.41. The maximum Gasteiger partial charge on any atom is 0.0576 e. The van der Waals surface area contributed by atoms with E-state index in [0.717, 1.165) is 6.54 Å². The van der Waals surface area contributed by atoms with E-state index in [1.165, 1.54) is 12.8 Å². The molecule has 0 aromatic rings. The van der Waals surface area contributed by atoms with Gasteiger partial charge in [0.15, 0.2) is 0 Å². The molecular weight excluding hydrogens is 136 g/mol. The van der Waals surface area contributed by atoms with Gasteiger partial charge in [0, 0.05) is 12.1 Å². The van der Waals surface area contributed by atoms with Crippen LogP contribution in [0.1, 0.15) is 19.8 Å². The first-order valence-corrected chi connectivity index (χ1v) is 4.25. The van der Waals surface area contributed by atoms with Gasteiger partial charge in [-0.05, 0) is 26.3 Å². The monoisotopic (exact) mass is 152 g/mol. The van der Waals surface area contributed by atoms with E-state index < -0.39 is 0 Å². The molecule has 2 nitrogen and oxygen atoms in total. The molecule has 2 heteroatoms. The van der Waals surface area contributed by atoms with Crippen molar-refractivity contribution < 1.29 is 0 Å². The molecule has 1 fully saturated rings. The molecule has 1 aliphatic heterocycles. The predicted octanol–water partition coefficient (Wildman–Crippen LogP) is 0.350. The largest absolute Gasteiger partial charge is 0.313 e. The van der Waals surface area contributed by atoms with E-state index >= 15 is 0 Å². The van der Waals surface area contributed by atoms with Crippen LogP contribution in [-0.2, 0) is 0 Å². The van der Waals surface area contributed by atoms with E-state index in [-0.39, 0.29) is 0 Å². The Morgan fingerprint density at radius 3 is 3.18 bits per heavy atom. The standard InChI is InChI=1S/C9H16N2/c1-3-6-11-9-5-4-7-10-8(9)2/h1,8-11H,4-7H2,2H3. The van der Waals surface area contributed by atoms with Crippen molar-refractivity contribution in [3.8, 4) is 12.3 Å². The second kappa shape index (κ2) is 4.38. The first kappa shape index (κ1) is 8.58. The number of terminal acetylenes is 1. The number of nitrogens with one attached hydrogen (secondary N) is 2. The van der Waals surface area contributed by atoms with Gasteiger partial charge >= 0.3 is 0 Å². The molecule has 62 valence electrons. The lowest BCUT2D eigenvalue weighted by atomic mass is 10.00. The van der Waals surface area contributed by atoms with Crippen molar-refractivity contribution >= 4 is 0 Å². The lowest BCUT2D eigenvalue weighted by Crippen LogP contribution is -2.50. The van der Waals surface area contributed by atoms with E-state index in [4.69, 9.17) is 6.42 Å². The molecule has 0 amide bonds. The van der Waals surface area contributed by atoms with Gasteiger partial charge in [-0.2, -0.15) is 0 Å². The molecular formula is C9H16N2. The number of piperidine rings is 1. The molecule has 2 unspecified atom stereocenters. The minimum Gasteiger partial charge on any atom is -0.313 e. The van der Waals surface area contributed by atoms with E-state index in [0.29, 0.717) is 18.6 Å². The van der Waals surface area contributed by atoms with Crippen LogP contribution < -0.4 is 10.6 Å². The van der Waals surface area contributed by atoms with Gasteiger partial charge < -0.3 is 10.6 Å². The van der Waals surface area contributed by atoms with Crippen molar-refractivity contribution in [1.29, 1.82) is 0 Å². The van der Waals surface area contributed by atoms with Crippen LogP contribution in [0.25, 0.3) is 0 Å². The summed E-state index contributed by atoms with van der Waals surface area (Å²) in [5.74, 6) is 2.60. The van der Waals surface area contributed by atoms with E-state index in [1.54, 1.807) is 0 Å². The van der Waals surface area contributed by atoms with Crippen LogP contribution >= 0.6 is 0 Å².